The predicted molar refractivity (Wildman–Crippen MR) is 25.6 cm³/mol. The molecule has 9 heavy (non-hydrogen) atoms. The second-order valence-electron chi connectivity index (χ2n) is 1.16. The van der Waals surface area contributed by atoms with Gasteiger partial charge in [0.2, 0.25) is 0 Å². The van der Waals surface area contributed by atoms with Crippen LogP contribution in [0.1, 0.15) is 0 Å². The van der Waals surface area contributed by atoms with Crippen LogP contribution < -0.4 is 0 Å². The highest BCUT2D eigenvalue weighted by Gasteiger charge is 2.14. The van der Waals surface area contributed by atoms with Crippen LogP contribution >= 0.6 is 7.82 Å². The van der Waals surface area contributed by atoms with Gasteiger partial charge in [0.1, 0.15) is 0 Å². The van der Waals surface area contributed by atoms with Crippen LogP contribution in [0.15, 0.2) is 0 Å². The molecule has 0 saturated carbocycles. The minimum Gasteiger partial charge on any atom is -0.480 e. The van der Waals surface area contributed by atoms with Crippen molar-refractivity contribution < 1.29 is 28.8 Å². The van der Waals surface area contributed by atoms with E-state index in [1.54, 1.807) is 0 Å². The van der Waals surface area contributed by atoms with Gasteiger partial charge in [-0.15, -0.1) is 0 Å². The highest BCUT2D eigenvalue weighted by atomic mass is 31.2. The van der Waals surface area contributed by atoms with Gasteiger partial charge in [-0.05, 0) is 0 Å². The Kier molecular flexibility index (Phi) is 2.80. The molecule has 0 unspecified atom stereocenters. The lowest BCUT2D eigenvalue weighted by Gasteiger charge is -1.99. The molecule has 0 atom stereocenters. The first-order valence-electron chi connectivity index (χ1n) is 1.84. The van der Waals surface area contributed by atoms with E-state index >= 15 is 0 Å². The lowest BCUT2D eigenvalue weighted by atomic mass is 11.7. The van der Waals surface area contributed by atoms with Crippen molar-refractivity contribution in [3.63, 3.8) is 0 Å². The molecule has 0 bridgehead atoms. The molecule has 0 radical (unpaired) electrons. The van der Waals surface area contributed by atoms with Crippen LogP contribution in [-0.4, -0.2) is 27.5 Å². The molecule has 0 aliphatic carbocycles. The van der Waals surface area contributed by atoms with Gasteiger partial charge in [0.05, 0.1) is 0 Å². The fourth-order valence-corrected chi connectivity index (χ4v) is 0.418. The first-order chi connectivity index (χ1) is 3.92. The predicted octanol–water partition coefficient (Wildman–Crippen LogP) is -0.820. The zero-order valence-corrected chi connectivity index (χ0v) is 5.12. The topological polar surface area (TPSA) is 104 Å². The Morgan fingerprint density at radius 1 is 1.56 bits per heavy atom. The van der Waals surface area contributed by atoms with E-state index in [-0.39, 0.29) is 0 Å². The van der Waals surface area contributed by atoms with Crippen molar-refractivity contribution in [3.05, 3.63) is 0 Å². The van der Waals surface area contributed by atoms with E-state index in [9.17, 15) is 9.36 Å². The van der Waals surface area contributed by atoms with Crippen molar-refractivity contribution in [1.82, 2.24) is 0 Å². The van der Waals surface area contributed by atoms with Gasteiger partial charge in [-0.1, -0.05) is 0 Å². The summed E-state index contributed by atoms with van der Waals surface area (Å²) in [5.74, 6) is -1.42. The third kappa shape index (κ3) is 7.58. The molecule has 0 amide bonds. The molecular formula is C2H5O6P. The molecule has 0 heterocycles. The number of carboxylic acids is 1. The van der Waals surface area contributed by atoms with Gasteiger partial charge in [0.15, 0.2) is 6.61 Å². The summed E-state index contributed by atoms with van der Waals surface area (Å²) in [5.41, 5.74) is 0. The van der Waals surface area contributed by atoms with Gasteiger partial charge in [-0.25, -0.2) is 9.36 Å². The van der Waals surface area contributed by atoms with E-state index in [4.69, 9.17) is 14.9 Å². The van der Waals surface area contributed by atoms with Crippen molar-refractivity contribution >= 4 is 13.8 Å². The number of phosphoric ester groups is 1. The third-order valence-corrected chi connectivity index (χ3v) is 0.822. The number of hydrogen-bond acceptors (Lipinski definition) is 3. The van der Waals surface area contributed by atoms with Crippen LogP contribution in [-0.2, 0) is 13.9 Å². The maximum absolute atomic E-state index is 9.74. The molecule has 0 aromatic heterocycles. The van der Waals surface area contributed by atoms with E-state index in [1.165, 1.54) is 0 Å². The quantitative estimate of drug-likeness (QED) is 0.366. The molecule has 0 spiro atoms. The molecular weight excluding hydrogens is 153 g/mol. The van der Waals surface area contributed by atoms with Crippen LogP contribution in [0.4, 0.5) is 0 Å². The minimum atomic E-state index is -4.60. The summed E-state index contributed by atoms with van der Waals surface area (Å²) >= 11 is 0. The van der Waals surface area contributed by atoms with Gasteiger partial charge in [-0.3, -0.25) is 4.52 Å². The molecule has 0 aliphatic heterocycles. The van der Waals surface area contributed by atoms with E-state index in [2.05, 4.69) is 4.52 Å². The average molecular weight is 158 g/mol. The molecule has 0 aromatic carbocycles. The molecule has 0 aromatic rings. The Morgan fingerprint density at radius 3 is 2.11 bits per heavy atom. The fraction of sp³-hybridized carbons (Fsp3) is 0.500. The zero-order chi connectivity index (χ0) is 7.49. The van der Waals surface area contributed by atoms with Crippen LogP contribution in [0.25, 0.3) is 0 Å². The van der Waals surface area contributed by atoms with Crippen LogP contribution in [0.5, 0.6) is 0 Å². The summed E-state index contributed by atoms with van der Waals surface area (Å²) in [4.78, 5) is 25.4. The SMILES string of the molecule is O=[13C](O)[13CH2]OP(=O)(O)O. The number of hydrogen-bond donors (Lipinski definition) is 3. The van der Waals surface area contributed by atoms with Gasteiger partial charge in [0.25, 0.3) is 0 Å². The van der Waals surface area contributed by atoms with Crippen molar-refractivity contribution in [2.75, 3.05) is 6.61 Å². The Hall–Kier alpha value is -0.420. The number of rotatable bonds is 3. The normalized spacial score (nSPS) is 11.3. The first-order valence-corrected chi connectivity index (χ1v) is 3.37. The smallest absolute Gasteiger partial charge is 0.470 e. The summed E-state index contributed by atoms with van der Waals surface area (Å²) in [5, 5.41) is 7.81. The van der Waals surface area contributed by atoms with E-state index in [0.29, 0.717) is 0 Å². The maximum Gasteiger partial charge on any atom is 0.470 e. The Morgan fingerprint density at radius 2 is 2.00 bits per heavy atom. The van der Waals surface area contributed by atoms with Crippen molar-refractivity contribution in [1.29, 1.82) is 0 Å². The lowest BCUT2D eigenvalue weighted by Crippen LogP contribution is -2.04. The van der Waals surface area contributed by atoms with Crippen molar-refractivity contribution in [3.8, 4) is 0 Å². The van der Waals surface area contributed by atoms with Crippen molar-refractivity contribution in [2.24, 2.45) is 0 Å². The van der Waals surface area contributed by atoms with Crippen LogP contribution in [0.3, 0.4) is 0 Å². The molecule has 6 nitrogen and oxygen atoms in total. The second-order valence-corrected chi connectivity index (χ2v) is 2.40. The summed E-state index contributed by atoms with van der Waals surface area (Å²) in [6.07, 6.45) is 0. The van der Waals surface area contributed by atoms with Gasteiger partial charge < -0.3 is 14.9 Å². The first kappa shape index (κ1) is 8.58. The highest BCUT2D eigenvalue weighted by Crippen LogP contribution is 2.35. The average Bonchev–Trinajstić information content (AvgIpc) is 1.59. The second kappa shape index (κ2) is 2.93. The Labute approximate surface area is 50.3 Å². The monoisotopic (exact) mass is 158 g/mol. The molecule has 0 rings (SSSR count). The fourth-order valence-electron chi connectivity index (χ4n) is 0.139. The van der Waals surface area contributed by atoms with Crippen molar-refractivity contribution in [2.45, 2.75) is 0 Å². The van der Waals surface area contributed by atoms with Crippen LogP contribution in [0, 0.1) is 0 Å². The van der Waals surface area contributed by atoms with Crippen LogP contribution in [0.2, 0.25) is 0 Å². The Bertz CT molecular complexity index is 145. The van der Waals surface area contributed by atoms with Gasteiger partial charge in [-0.2, -0.15) is 0 Å². The molecule has 7 heteroatoms. The summed E-state index contributed by atoms with van der Waals surface area (Å²) in [7, 11) is -4.60. The number of aliphatic carboxylic acids is 1. The zero-order valence-electron chi connectivity index (χ0n) is 4.22. The molecule has 0 fully saturated rings. The minimum absolute atomic E-state index is 0.982. The molecule has 0 aliphatic rings. The van der Waals surface area contributed by atoms with Gasteiger partial charge >= 0.3 is 13.8 Å². The number of carboxylic acid groups (broad SMARTS) is 1. The summed E-state index contributed by atoms with van der Waals surface area (Å²) in [6.45, 7) is -0.982. The van der Waals surface area contributed by atoms with E-state index in [0.717, 1.165) is 0 Å². The highest BCUT2D eigenvalue weighted by molar-refractivity contribution is 7.46. The third-order valence-electron chi connectivity index (χ3n) is 0.356. The summed E-state index contributed by atoms with van der Waals surface area (Å²) in [6, 6.07) is 0. The molecule has 3 N–H and O–H groups in total. The van der Waals surface area contributed by atoms with E-state index < -0.39 is 20.4 Å². The molecule has 0 saturated heterocycles. The standard InChI is InChI=1S/C2H5O6P/c3-2(4)1-8-9(5,6)7/h1H2,(H,3,4)(H2,5,6,7)/i1+1,2+1. The number of phosphoric acid groups is 1. The largest absolute Gasteiger partial charge is 0.480 e. The Balaban J connectivity index is 3.53. The number of carbonyl (C=O) groups is 1. The lowest BCUT2D eigenvalue weighted by molar-refractivity contribution is -0.139. The summed E-state index contributed by atoms with van der Waals surface area (Å²) < 4.78 is 13.3. The van der Waals surface area contributed by atoms with Gasteiger partial charge in [0, 0.05) is 0 Å². The molecule has 54 valence electrons. The maximum atomic E-state index is 9.74. The van der Waals surface area contributed by atoms with E-state index in [1.807, 2.05) is 0 Å².